The first-order valence-electron chi connectivity index (χ1n) is 10.3. The molecule has 170 valence electrons. The highest BCUT2D eigenvalue weighted by molar-refractivity contribution is 6.46. The van der Waals surface area contributed by atoms with Crippen LogP contribution in [0.5, 0.6) is 11.5 Å². The van der Waals surface area contributed by atoms with E-state index in [0.717, 1.165) is 4.90 Å². The van der Waals surface area contributed by atoms with Crippen molar-refractivity contribution in [2.75, 3.05) is 22.3 Å². The van der Waals surface area contributed by atoms with Crippen molar-refractivity contribution in [2.45, 2.75) is 6.92 Å². The highest BCUT2D eigenvalue weighted by atomic mass is 19.1. The Hall–Kier alpha value is -4.66. The Bertz CT molecular complexity index is 1370. The zero-order valence-corrected chi connectivity index (χ0v) is 17.9. The van der Waals surface area contributed by atoms with Crippen molar-refractivity contribution in [3.63, 3.8) is 0 Å². The molecular formula is C25H18FN3O5. The number of amides is 3. The van der Waals surface area contributed by atoms with Gasteiger partial charge >= 0.3 is 0 Å². The van der Waals surface area contributed by atoms with Gasteiger partial charge in [0.05, 0.1) is 11.3 Å². The minimum absolute atomic E-state index is 0.0144. The van der Waals surface area contributed by atoms with Crippen LogP contribution in [0.25, 0.3) is 5.57 Å². The molecule has 5 rings (SSSR count). The van der Waals surface area contributed by atoms with E-state index in [1.54, 1.807) is 48.5 Å². The zero-order valence-electron chi connectivity index (χ0n) is 17.9. The number of benzene rings is 3. The second-order valence-corrected chi connectivity index (χ2v) is 7.60. The maximum atomic E-state index is 14.5. The van der Waals surface area contributed by atoms with Crippen LogP contribution in [0.4, 0.5) is 21.5 Å². The molecular weight excluding hydrogens is 441 g/mol. The molecule has 34 heavy (non-hydrogen) atoms. The average molecular weight is 459 g/mol. The molecule has 0 atom stereocenters. The lowest BCUT2D eigenvalue weighted by molar-refractivity contribution is -0.120. The number of anilines is 3. The first-order valence-corrected chi connectivity index (χ1v) is 10.3. The predicted octanol–water partition coefficient (Wildman–Crippen LogP) is 3.91. The topological polar surface area (TPSA) is 97.0 Å². The van der Waals surface area contributed by atoms with Crippen LogP contribution < -0.4 is 25.0 Å². The summed E-state index contributed by atoms with van der Waals surface area (Å²) >= 11 is 0. The van der Waals surface area contributed by atoms with Gasteiger partial charge in [-0.3, -0.25) is 14.4 Å². The maximum Gasteiger partial charge on any atom is 0.282 e. The van der Waals surface area contributed by atoms with E-state index in [9.17, 15) is 18.8 Å². The first kappa shape index (κ1) is 21.2. The van der Waals surface area contributed by atoms with Crippen LogP contribution in [-0.2, 0) is 14.4 Å². The molecule has 2 aliphatic rings. The van der Waals surface area contributed by atoms with Crippen molar-refractivity contribution < 1.29 is 28.2 Å². The van der Waals surface area contributed by atoms with Crippen molar-refractivity contribution in [3.8, 4) is 11.5 Å². The van der Waals surface area contributed by atoms with E-state index in [0.29, 0.717) is 28.4 Å². The Morgan fingerprint density at radius 1 is 0.912 bits per heavy atom. The van der Waals surface area contributed by atoms with Crippen LogP contribution in [0.15, 0.2) is 72.4 Å². The summed E-state index contributed by atoms with van der Waals surface area (Å²) in [7, 11) is 0. The van der Waals surface area contributed by atoms with Crippen molar-refractivity contribution >= 4 is 40.4 Å². The summed E-state index contributed by atoms with van der Waals surface area (Å²) < 4.78 is 25.2. The standard InChI is InChI=1S/C25H18FN3O5/c1-14(30)27-16-8-6-15(7-9-16)22-23(28-17-10-11-20-21(12-17)34-13-33-20)25(32)29(24(22)31)19-5-3-2-4-18(19)26/h2-12,28H,13H2,1H3,(H,27,30). The van der Waals surface area contributed by atoms with Gasteiger partial charge in [-0.25, -0.2) is 9.29 Å². The molecule has 0 spiro atoms. The first-order chi connectivity index (χ1) is 16.4. The molecule has 2 aliphatic heterocycles. The van der Waals surface area contributed by atoms with E-state index in [1.807, 2.05) is 0 Å². The van der Waals surface area contributed by atoms with E-state index in [1.165, 1.54) is 25.1 Å². The van der Waals surface area contributed by atoms with E-state index in [4.69, 9.17) is 9.47 Å². The van der Waals surface area contributed by atoms with Crippen LogP contribution in [0.2, 0.25) is 0 Å². The molecule has 9 heteroatoms. The molecule has 0 aromatic heterocycles. The summed E-state index contributed by atoms with van der Waals surface area (Å²) in [5.74, 6) is -1.26. The minimum atomic E-state index is -0.700. The lowest BCUT2D eigenvalue weighted by Crippen LogP contribution is -2.33. The number of ether oxygens (including phenoxy) is 2. The maximum absolute atomic E-state index is 14.5. The van der Waals surface area contributed by atoms with Crippen LogP contribution >= 0.6 is 0 Å². The molecule has 0 saturated carbocycles. The number of nitrogens with one attached hydrogen (secondary N) is 2. The summed E-state index contributed by atoms with van der Waals surface area (Å²) in [6.45, 7) is 1.47. The van der Waals surface area contributed by atoms with Gasteiger partial charge in [0.1, 0.15) is 11.5 Å². The lowest BCUT2D eigenvalue weighted by Gasteiger charge is -2.16. The molecule has 2 N–H and O–H groups in total. The Morgan fingerprint density at radius 3 is 2.35 bits per heavy atom. The summed E-state index contributed by atoms with van der Waals surface area (Å²) in [5.41, 5.74) is 1.36. The van der Waals surface area contributed by atoms with Crippen LogP contribution in [0.3, 0.4) is 0 Å². The smallest absolute Gasteiger partial charge is 0.282 e. The van der Waals surface area contributed by atoms with Crippen molar-refractivity contribution in [1.82, 2.24) is 0 Å². The second-order valence-electron chi connectivity index (χ2n) is 7.60. The van der Waals surface area contributed by atoms with Gasteiger partial charge in [0.2, 0.25) is 12.7 Å². The van der Waals surface area contributed by atoms with Gasteiger partial charge in [-0.1, -0.05) is 24.3 Å². The lowest BCUT2D eigenvalue weighted by atomic mass is 10.0. The van der Waals surface area contributed by atoms with Gasteiger partial charge in [0.25, 0.3) is 11.8 Å². The predicted molar refractivity (Wildman–Crippen MR) is 123 cm³/mol. The molecule has 3 aromatic carbocycles. The summed E-state index contributed by atoms with van der Waals surface area (Å²) in [6, 6.07) is 17.0. The molecule has 0 bridgehead atoms. The van der Waals surface area contributed by atoms with E-state index < -0.39 is 17.6 Å². The van der Waals surface area contributed by atoms with Gasteiger partial charge in [-0.2, -0.15) is 0 Å². The summed E-state index contributed by atoms with van der Waals surface area (Å²) in [6.07, 6.45) is 0. The minimum Gasteiger partial charge on any atom is -0.454 e. The highest BCUT2D eigenvalue weighted by Crippen LogP contribution is 2.38. The summed E-state index contributed by atoms with van der Waals surface area (Å²) in [4.78, 5) is 39.0. The quantitative estimate of drug-likeness (QED) is 0.562. The van der Waals surface area contributed by atoms with Crippen LogP contribution in [0.1, 0.15) is 12.5 Å². The molecule has 0 saturated heterocycles. The van der Waals surface area contributed by atoms with E-state index >= 15 is 0 Å². The number of imide groups is 1. The molecule has 0 unspecified atom stereocenters. The zero-order chi connectivity index (χ0) is 23.8. The van der Waals surface area contributed by atoms with Gasteiger partial charge in [-0.05, 0) is 42.0 Å². The van der Waals surface area contributed by atoms with Crippen molar-refractivity contribution in [2.24, 2.45) is 0 Å². The van der Waals surface area contributed by atoms with E-state index in [2.05, 4.69) is 10.6 Å². The highest BCUT2D eigenvalue weighted by Gasteiger charge is 2.41. The fourth-order valence-electron chi connectivity index (χ4n) is 3.81. The third-order valence-electron chi connectivity index (χ3n) is 5.31. The fourth-order valence-corrected chi connectivity index (χ4v) is 3.81. The number of nitrogens with zero attached hydrogens (tertiary/aromatic N) is 1. The molecule has 3 amide bonds. The Balaban J connectivity index is 1.58. The van der Waals surface area contributed by atoms with Gasteiger partial charge in [0.15, 0.2) is 11.5 Å². The van der Waals surface area contributed by atoms with Crippen LogP contribution in [0, 0.1) is 5.82 Å². The number of hydrogen-bond acceptors (Lipinski definition) is 6. The van der Waals surface area contributed by atoms with Gasteiger partial charge in [-0.15, -0.1) is 0 Å². The number of halogens is 1. The molecule has 0 radical (unpaired) electrons. The van der Waals surface area contributed by atoms with E-state index in [-0.39, 0.29) is 29.7 Å². The number of fused-ring (bicyclic) bond motifs is 1. The number of rotatable bonds is 5. The molecule has 2 heterocycles. The summed E-state index contributed by atoms with van der Waals surface area (Å²) in [5, 5.41) is 5.66. The molecule has 8 nitrogen and oxygen atoms in total. The fraction of sp³-hybridized carbons (Fsp3) is 0.0800. The molecule has 0 fully saturated rings. The second kappa shape index (κ2) is 8.36. The average Bonchev–Trinajstić information content (AvgIpc) is 3.37. The monoisotopic (exact) mass is 459 g/mol. The molecule has 0 aliphatic carbocycles. The van der Waals surface area contributed by atoms with Crippen molar-refractivity contribution in [3.05, 3.63) is 83.8 Å². The Kier molecular flexibility index (Phi) is 5.21. The third-order valence-corrected chi connectivity index (χ3v) is 5.31. The molecule has 3 aromatic rings. The van der Waals surface area contributed by atoms with Gasteiger partial charge < -0.3 is 20.1 Å². The SMILES string of the molecule is CC(=O)Nc1ccc(C2=C(Nc3ccc4c(c3)OCO4)C(=O)N(c3ccccc3F)C2=O)cc1. The third kappa shape index (κ3) is 3.73. The Morgan fingerprint density at radius 2 is 1.62 bits per heavy atom. The normalized spacial score (nSPS) is 14.6. The number of carbonyl (C=O) groups is 3. The number of carbonyl (C=O) groups excluding carboxylic acids is 3. The Labute approximate surface area is 193 Å². The number of hydrogen-bond donors (Lipinski definition) is 2. The largest absolute Gasteiger partial charge is 0.454 e. The van der Waals surface area contributed by atoms with Crippen molar-refractivity contribution in [1.29, 1.82) is 0 Å². The van der Waals surface area contributed by atoms with Gasteiger partial charge in [0, 0.05) is 24.4 Å². The number of para-hydroxylation sites is 1. The van der Waals surface area contributed by atoms with Crippen LogP contribution in [-0.4, -0.2) is 24.5 Å².